The van der Waals surface area contributed by atoms with E-state index in [1.807, 2.05) is 9.80 Å². The van der Waals surface area contributed by atoms with Crippen molar-refractivity contribution in [2.24, 2.45) is 5.92 Å². The van der Waals surface area contributed by atoms with Gasteiger partial charge in [-0.05, 0) is 29.9 Å². The first kappa shape index (κ1) is 17.1. The van der Waals surface area contributed by atoms with Gasteiger partial charge >= 0.3 is 0 Å². The average molecular weight is 374 g/mol. The van der Waals surface area contributed by atoms with Crippen molar-refractivity contribution in [1.29, 1.82) is 0 Å². The molecule has 8 heteroatoms. The smallest absolute Gasteiger partial charge is 0.231 e. The molecule has 4 heterocycles. The summed E-state index contributed by atoms with van der Waals surface area (Å²) in [5.41, 5.74) is 1.30. The van der Waals surface area contributed by atoms with E-state index < -0.39 is 0 Å². The van der Waals surface area contributed by atoms with Crippen molar-refractivity contribution in [2.45, 2.75) is 19.4 Å². The summed E-state index contributed by atoms with van der Waals surface area (Å²) in [7, 11) is 3.13. The van der Waals surface area contributed by atoms with Crippen molar-refractivity contribution in [1.82, 2.24) is 14.9 Å². The van der Waals surface area contributed by atoms with E-state index in [2.05, 4.69) is 21.4 Å². The van der Waals surface area contributed by atoms with Gasteiger partial charge in [0.05, 0.1) is 26.2 Å². The first-order valence-corrected chi connectivity index (χ1v) is 9.62. The highest BCUT2D eigenvalue weighted by Gasteiger charge is 2.34. The van der Waals surface area contributed by atoms with E-state index in [-0.39, 0.29) is 11.8 Å². The number of carbonyl (C=O) groups excluding carboxylic acids is 1. The Morgan fingerprint density at radius 2 is 2.00 bits per heavy atom. The Morgan fingerprint density at radius 1 is 1.23 bits per heavy atom. The summed E-state index contributed by atoms with van der Waals surface area (Å²) in [5, 5.41) is 2.11. The number of amides is 1. The van der Waals surface area contributed by atoms with Gasteiger partial charge in [0.2, 0.25) is 23.6 Å². The molecule has 0 N–H and O–H groups in total. The number of aromatic nitrogens is 2. The van der Waals surface area contributed by atoms with E-state index in [1.165, 1.54) is 10.4 Å². The van der Waals surface area contributed by atoms with Crippen LogP contribution in [0.2, 0.25) is 0 Å². The Bertz CT molecular complexity index is 787. The number of hydrogen-bond acceptors (Lipinski definition) is 7. The third-order valence-corrected chi connectivity index (χ3v) is 6.05. The van der Waals surface area contributed by atoms with Crippen LogP contribution >= 0.6 is 11.3 Å². The summed E-state index contributed by atoms with van der Waals surface area (Å²) in [5.74, 6) is 1.69. The molecule has 0 bridgehead atoms. The van der Waals surface area contributed by atoms with Gasteiger partial charge in [-0.1, -0.05) is 0 Å². The van der Waals surface area contributed by atoms with E-state index in [0.29, 0.717) is 24.3 Å². The topological polar surface area (TPSA) is 67.8 Å². The lowest BCUT2D eigenvalue weighted by Gasteiger charge is -2.29. The van der Waals surface area contributed by atoms with Gasteiger partial charge in [-0.15, -0.1) is 11.3 Å². The molecule has 0 aromatic carbocycles. The Hall–Kier alpha value is -2.35. The third kappa shape index (κ3) is 3.21. The minimum atomic E-state index is -0.0176. The van der Waals surface area contributed by atoms with Gasteiger partial charge in [-0.3, -0.25) is 4.79 Å². The van der Waals surface area contributed by atoms with Gasteiger partial charge in [0.25, 0.3) is 0 Å². The fourth-order valence-corrected chi connectivity index (χ4v) is 4.47. The van der Waals surface area contributed by atoms with Crippen molar-refractivity contribution < 1.29 is 14.3 Å². The summed E-state index contributed by atoms with van der Waals surface area (Å²) < 4.78 is 10.4. The van der Waals surface area contributed by atoms with Crippen molar-refractivity contribution in [3.8, 4) is 11.8 Å². The molecule has 1 saturated heterocycles. The molecule has 0 saturated carbocycles. The zero-order valence-corrected chi connectivity index (χ0v) is 15.8. The summed E-state index contributed by atoms with van der Waals surface area (Å²) in [6, 6.07) is 3.78. The summed E-state index contributed by atoms with van der Waals surface area (Å²) in [4.78, 5) is 27.2. The van der Waals surface area contributed by atoms with Crippen LogP contribution in [0.1, 0.15) is 16.9 Å². The van der Waals surface area contributed by atoms with Gasteiger partial charge in [0.15, 0.2) is 0 Å². The van der Waals surface area contributed by atoms with Gasteiger partial charge in [-0.2, -0.15) is 9.97 Å². The van der Waals surface area contributed by atoms with Gasteiger partial charge in [0, 0.05) is 31.1 Å². The van der Waals surface area contributed by atoms with Crippen molar-refractivity contribution in [3.05, 3.63) is 28.0 Å². The fraction of sp³-hybridized carbons (Fsp3) is 0.500. The molecule has 1 fully saturated rings. The lowest BCUT2D eigenvalue weighted by molar-refractivity contribution is -0.135. The van der Waals surface area contributed by atoms with Crippen LogP contribution in [0.5, 0.6) is 11.8 Å². The standard InChI is InChI=1S/C18H22N4O3S/c1-24-15-9-16(25-2)20-18(19-15)22-6-3-13(11-22)17(23)21-7-4-14-12(10-21)5-8-26-14/h5,8-9,13H,3-4,6-7,10-11H2,1-2H3. The number of nitrogens with zero attached hydrogens (tertiary/aromatic N) is 4. The molecule has 1 amide bonds. The zero-order valence-electron chi connectivity index (χ0n) is 15.0. The number of fused-ring (bicyclic) bond motifs is 1. The maximum atomic E-state index is 13.0. The van der Waals surface area contributed by atoms with Crippen LogP contribution in [-0.2, 0) is 17.8 Å². The first-order chi connectivity index (χ1) is 12.7. The molecule has 1 unspecified atom stereocenters. The normalized spacial score (nSPS) is 19.4. The Morgan fingerprint density at radius 3 is 2.73 bits per heavy atom. The maximum absolute atomic E-state index is 13.0. The second-order valence-electron chi connectivity index (χ2n) is 6.56. The number of carbonyl (C=O) groups is 1. The number of methoxy groups -OCH3 is 2. The number of ether oxygens (including phenoxy) is 2. The Kier molecular flexibility index (Phi) is 4.67. The van der Waals surface area contributed by atoms with Crippen LogP contribution in [0.3, 0.4) is 0 Å². The van der Waals surface area contributed by atoms with Crippen LogP contribution in [0, 0.1) is 5.92 Å². The Balaban J connectivity index is 1.45. The quantitative estimate of drug-likeness (QED) is 0.815. The largest absolute Gasteiger partial charge is 0.481 e. The molecule has 0 spiro atoms. The minimum absolute atomic E-state index is 0.0176. The van der Waals surface area contributed by atoms with Gasteiger partial charge in [0.1, 0.15) is 0 Å². The van der Waals surface area contributed by atoms with Gasteiger partial charge < -0.3 is 19.3 Å². The van der Waals surface area contributed by atoms with Crippen LogP contribution in [0.15, 0.2) is 17.5 Å². The summed E-state index contributed by atoms with van der Waals surface area (Å²) in [6.45, 7) is 2.93. The highest BCUT2D eigenvalue weighted by Crippen LogP contribution is 2.29. The van der Waals surface area contributed by atoms with Crippen molar-refractivity contribution in [3.63, 3.8) is 0 Å². The molecule has 1 atom stereocenters. The maximum Gasteiger partial charge on any atom is 0.231 e. The predicted octanol–water partition coefficient (Wildman–Crippen LogP) is 1.97. The molecule has 0 aliphatic carbocycles. The van der Waals surface area contributed by atoms with E-state index in [1.54, 1.807) is 31.6 Å². The molecule has 2 aliphatic heterocycles. The molecule has 26 heavy (non-hydrogen) atoms. The molecule has 138 valence electrons. The summed E-state index contributed by atoms with van der Waals surface area (Å²) >= 11 is 1.79. The van der Waals surface area contributed by atoms with Crippen LogP contribution in [0.25, 0.3) is 0 Å². The second kappa shape index (κ2) is 7.11. The Labute approximate surface area is 156 Å². The van der Waals surface area contributed by atoms with Crippen LogP contribution < -0.4 is 14.4 Å². The minimum Gasteiger partial charge on any atom is -0.481 e. The zero-order chi connectivity index (χ0) is 18.1. The molecular formula is C18H22N4O3S. The van der Waals surface area contributed by atoms with Crippen molar-refractivity contribution in [2.75, 3.05) is 38.8 Å². The van der Waals surface area contributed by atoms with E-state index >= 15 is 0 Å². The van der Waals surface area contributed by atoms with Crippen molar-refractivity contribution >= 4 is 23.2 Å². The first-order valence-electron chi connectivity index (χ1n) is 8.74. The van der Waals surface area contributed by atoms with E-state index in [4.69, 9.17) is 9.47 Å². The molecule has 0 radical (unpaired) electrons. The van der Waals surface area contributed by atoms with Gasteiger partial charge in [-0.25, -0.2) is 0 Å². The third-order valence-electron chi connectivity index (χ3n) is 5.03. The lowest BCUT2D eigenvalue weighted by Crippen LogP contribution is -2.40. The predicted molar refractivity (Wildman–Crippen MR) is 98.9 cm³/mol. The molecule has 7 nitrogen and oxygen atoms in total. The van der Waals surface area contributed by atoms with E-state index in [9.17, 15) is 4.79 Å². The molecule has 2 aromatic rings. The highest BCUT2D eigenvalue weighted by molar-refractivity contribution is 7.10. The molecule has 2 aromatic heterocycles. The fourth-order valence-electron chi connectivity index (χ4n) is 3.58. The SMILES string of the molecule is COc1cc(OC)nc(N2CCC(C(=O)N3CCc4sccc4C3)C2)n1. The number of anilines is 1. The lowest BCUT2D eigenvalue weighted by atomic mass is 10.0. The number of thiophene rings is 1. The average Bonchev–Trinajstić information content (AvgIpc) is 3.35. The highest BCUT2D eigenvalue weighted by atomic mass is 32.1. The van der Waals surface area contributed by atoms with Crippen LogP contribution in [-0.4, -0.2) is 54.6 Å². The number of hydrogen-bond donors (Lipinski definition) is 0. The van der Waals surface area contributed by atoms with E-state index in [0.717, 1.165) is 32.5 Å². The van der Waals surface area contributed by atoms with Crippen LogP contribution in [0.4, 0.5) is 5.95 Å². The monoisotopic (exact) mass is 374 g/mol. The summed E-state index contributed by atoms with van der Waals surface area (Å²) in [6.07, 6.45) is 1.78. The molecular weight excluding hydrogens is 352 g/mol. The molecule has 2 aliphatic rings. The second-order valence-corrected chi connectivity index (χ2v) is 7.56. The number of rotatable bonds is 4. The molecule has 4 rings (SSSR count).